The first-order valence-corrected chi connectivity index (χ1v) is 8.05. The summed E-state index contributed by atoms with van der Waals surface area (Å²) >= 11 is 0. The van der Waals surface area contributed by atoms with E-state index in [4.69, 9.17) is 0 Å². The van der Waals surface area contributed by atoms with Crippen LogP contribution >= 0.6 is 0 Å². The van der Waals surface area contributed by atoms with Crippen LogP contribution in [0.2, 0.25) is 0 Å². The molecule has 6 heteroatoms. The van der Waals surface area contributed by atoms with Gasteiger partial charge in [-0.15, -0.1) is 0 Å². The average Bonchev–Trinajstić information content (AvgIpc) is 2.36. The van der Waals surface area contributed by atoms with Gasteiger partial charge in [0.25, 0.3) is 0 Å². The van der Waals surface area contributed by atoms with Crippen molar-refractivity contribution in [2.45, 2.75) is 32.6 Å². The lowest BCUT2D eigenvalue weighted by molar-refractivity contribution is 0.381. The zero-order chi connectivity index (χ0) is 14.5. The number of nitrogens with zero attached hydrogens (tertiary/aromatic N) is 2. The van der Waals surface area contributed by atoms with Gasteiger partial charge in [-0.05, 0) is 18.9 Å². The summed E-state index contributed by atoms with van der Waals surface area (Å²) in [6.45, 7) is 9.44. The molecule has 0 aliphatic rings. The number of sulfonamides is 1. The summed E-state index contributed by atoms with van der Waals surface area (Å²) < 4.78 is 26.8. The Hall–Kier alpha value is -1.14. The second-order valence-electron chi connectivity index (χ2n) is 4.75. The van der Waals surface area contributed by atoms with Gasteiger partial charge in [-0.2, -0.15) is 4.31 Å². The van der Waals surface area contributed by atoms with Gasteiger partial charge < -0.3 is 5.32 Å². The normalized spacial score (nSPS) is 12.1. The van der Waals surface area contributed by atoms with Crippen LogP contribution in [0.4, 0.5) is 5.69 Å². The summed E-state index contributed by atoms with van der Waals surface area (Å²) in [7, 11) is -3.49. The molecule has 0 atom stereocenters. The Labute approximate surface area is 116 Å². The topological polar surface area (TPSA) is 62.3 Å². The molecular formula is C13H23N3O2S. The van der Waals surface area contributed by atoms with E-state index in [0.717, 1.165) is 0 Å². The largest absolute Gasteiger partial charge is 0.384 e. The Morgan fingerprint density at radius 3 is 2.58 bits per heavy atom. The number of hydrogen-bond donors (Lipinski definition) is 1. The van der Waals surface area contributed by atoms with Crippen molar-refractivity contribution in [2.75, 3.05) is 25.0 Å². The van der Waals surface area contributed by atoms with Crippen LogP contribution in [0.25, 0.3) is 0 Å². The van der Waals surface area contributed by atoms with Gasteiger partial charge in [0.05, 0.1) is 5.69 Å². The first-order chi connectivity index (χ1) is 8.93. The quantitative estimate of drug-likeness (QED) is 0.834. The SMILES string of the molecule is CCNc1ccncc1S(=O)(=O)N(CC)CC(C)C. The minimum Gasteiger partial charge on any atom is -0.384 e. The zero-order valence-corrected chi connectivity index (χ0v) is 12.9. The van der Waals surface area contributed by atoms with E-state index in [1.807, 2.05) is 27.7 Å². The maximum atomic E-state index is 12.6. The van der Waals surface area contributed by atoms with E-state index in [1.54, 1.807) is 12.3 Å². The van der Waals surface area contributed by atoms with Crippen LogP contribution in [0.5, 0.6) is 0 Å². The number of nitrogens with one attached hydrogen (secondary N) is 1. The Kier molecular flexibility index (Phi) is 5.75. The lowest BCUT2D eigenvalue weighted by Crippen LogP contribution is -2.34. The van der Waals surface area contributed by atoms with Crippen molar-refractivity contribution < 1.29 is 8.42 Å². The highest BCUT2D eigenvalue weighted by Crippen LogP contribution is 2.23. The zero-order valence-electron chi connectivity index (χ0n) is 12.0. The fraction of sp³-hybridized carbons (Fsp3) is 0.615. The molecule has 19 heavy (non-hydrogen) atoms. The molecule has 1 heterocycles. The third kappa shape index (κ3) is 3.91. The molecule has 0 saturated carbocycles. The number of aromatic nitrogens is 1. The predicted molar refractivity (Wildman–Crippen MR) is 77.7 cm³/mol. The Morgan fingerprint density at radius 1 is 1.37 bits per heavy atom. The second-order valence-corrected chi connectivity index (χ2v) is 6.66. The average molecular weight is 285 g/mol. The van der Waals surface area contributed by atoms with Crippen LogP contribution in [0.15, 0.2) is 23.4 Å². The summed E-state index contributed by atoms with van der Waals surface area (Å²) in [5.74, 6) is 0.286. The van der Waals surface area contributed by atoms with E-state index < -0.39 is 10.0 Å². The maximum Gasteiger partial charge on any atom is 0.246 e. The molecule has 1 rings (SSSR count). The fourth-order valence-corrected chi connectivity index (χ4v) is 3.59. The monoisotopic (exact) mass is 285 g/mol. The molecule has 108 valence electrons. The molecule has 0 amide bonds. The van der Waals surface area contributed by atoms with E-state index in [0.29, 0.717) is 25.3 Å². The van der Waals surface area contributed by atoms with E-state index in [1.165, 1.54) is 10.5 Å². The highest BCUT2D eigenvalue weighted by Gasteiger charge is 2.26. The van der Waals surface area contributed by atoms with Crippen molar-refractivity contribution in [1.82, 2.24) is 9.29 Å². The van der Waals surface area contributed by atoms with Gasteiger partial charge in [0, 0.05) is 32.0 Å². The lowest BCUT2D eigenvalue weighted by Gasteiger charge is -2.23. The van der Waals surface area contributed by atoms with Gasteiger partial charge in [0.2, 0.25) is 10.0 Å². The molecule has 1 aromatic rings. The highest BCUT2D eigenvalue weighted by molar-refractivity contribution is 7.89. The number of hydrogen-bond acceptors (Lipinski definition) is 4. The Bertz CT molecular complexity index is 500. The van der Waals surface area contributed by atoms with Crippen molar-refractivity contribution in [2.24, 2.45) is 5.92 Å². The number of anilines is 1. The van der Waals surface area contributed by atoms with Crippen LogP contribution in [-0.2, 0) is 10.0 Å². The van der Waals surface area contributed by atoms with Crippen molar-refractivity contribution in [3.63, 3.8) is 0 Å². The number of pyridine rings is 1. The molecule has 0 fully saturated rings. The molecule has 0 aromatic carbocycles. The molecule has 0 aliphatic carbocycles. The molecule has 0 unspecified atom stereocenters. The van der Waals surface area contributed by atoms with Crippen LogP contribution in [-0.4, -0.2) is 37.3 Å². The maximum absolute atomic E-state index is 12.6. The van der Waals surface area contributed by atoms with E-state index >= 15 is 0 Å². The fourth-order valence-electron chi connectivity index (χ4n) is 1.87. The van der Waals surface area contributed by atoms with Crippen LogP contribution in [0.1, 0.15) is 27.7 Å². The van der Waals surface area contributed by atoms with E-state index in [2.05, 4.69) is 10.3 Å². The van der Waals surface area contributed by atoms with Gasteiger partial charge in [0.15, 0.2) is 0 Å². The Balaban J connectivity index is 3.18. The van der Waals surface area contributed by atoms with Crippen molar-refractivity contribution in [1.29, 1.82) is 0 Å². The van der Waals surface area contributed by atoms with E-state index in [9.17, 15) is 8.42 Å². The van der Waals surface area contributed by atoms with Gasteiger partial charge in [-0.1, -0.05) is 20.8 Å². The Morgan fingerprint density at radius 2 is 2.05 bits per heavy atom. The molecule has 0 saturated heterocycles. The van der Waals surface area contributed by atoms with Crippen molar-refractivity contribution in [3.05, 3.63) is 18.5 Å². The molecule has 0 bridgehead atoms. The minimum atomic E-state index is -3.49. The van der Waals surface area contributed by atoms with E-state index in [-0.39, 0.29) is 10.8 Å². The molecular weight excluding hydrogens is 262 g/mol. The predicted octanol–water partition coefficient (Wildman–Crippen LogP) is 2.18. The third-order valence-electron chi connectivity index (χ3n) is 2.69. The first-order valence-electron chi connectivity index (χ1n) is 6.61. The number of rotatable bonds is 7. The van der Waals surface area contributed by atoms with Crippen LogP contribution < -0.4 is 5.32 Å². The molecule has 1 aromatic heterocycles. The minimum absolute atomic E-state index is 0.249. The summed E-state index contributed by atoms with van der Waals surface area (Å²) in [5, 5.41) is 3.07. The molecule has 1 N–H and O–H groups in total. The standard InChI is InChI=1S/C13H23N3O2S/c1-5-15-12-7-8-14-9-13(12)19(17,18)16(6-2)10-11(3)4/h7-9,11H,5-6,10H2,1-4H3,(H,14,15). The molecule has 5 nitrogen and oxygen atoms in total. The summed E-state index contributed by atoms with van der Waals surface area (Å²) in [6.07, 6.45) is 3.01. The summed E-state index contributed by atoms with van der Waals surface area (Å²) in [6, 6.07) is 1.69. The van der Waals surface area contributed by atoms with Gasteiger partial charge in [-0.3, -0.25) is 4.98 Å². The van der Waals surface area contributed by atoms with Crippen LogP contribution in [0.3, 0.4) is 0 Å². The third-order valence-corrected chi connectivity index (χ3v) is 4.66. The van der Waals surface area contributed by atoms with Crippen molar-refractivity contribution in [3.8, 4) is 0 Å². The summed E-state index contributed by atoms with van der Waals surface area (Å²) in [5.41, 5.74) is 0.611. The smallest absolute Gasteiger partial charge is 0.246 e. The van der Waals surface area contributed by atoms with Gasteiger partial charge in [-0.25, -0.2) is 8.42 Å². The first kappa shape index (κ1) is 15.9. The van der Waals surface area contributed by atoms with Crippen LogP contribution in [0, 0.1) is 5.92 Å². The van der Waals surface area contributed by atoms with Gasteiger partial charge in [0.1, 0.15) is 4.90 Å². The highest BCUT2D eigenvalue weighted by atomic mass is 32.2. The molecule has 0 spiro atoms. The summed E-state index contributed by atoms with van der Waals surface area (Å²) in [4.78, 5) is 4.19. The van der Waals surface area contributed by atoms with Crippen molar-refractivity contribution >= 4 is 15.7 Å². The second kappa shape index (κ2) is 6.86. The molecule has 0 radical (unpaired) electrons. The van der Waals surface area contributed by atoms with Gasteiger partial charge >= 0.3 is 0 Å². The lowest BCUT2D eigenvalue weighted by atomic mass is 10.2. The molecule has 0 aliphatic heterocycles.